The van der Waals surface area contributed by atoms with Gasteiger partial charge in [0, 0.05) is 26.2 Å². The zero-order chi connectivity index (χ0) is 14.7. The summed E-state index contributed by atoms with van der Waals surface area (Å²) >= 11 is 0. The minimum atomic E-state index is -0.792. The summed E-state index contributed by atoms with van der Waals surface area (Å²) < 4.78 is 0. The molecule has 0 aromatic heterocycles. The number of carboxylic acids is 1. The lowest BCUT2D eigenvalue weighted by Crippen LogP contribution is -2.48. The maximum absolute atomic E-state index is 12.5. The van der Waals surface area contributed by atoms with Crippen molar-refractivity contribution in [2.75, 3.05) is 39.8 Å². The van der Waals surface area contributed by atoms with Crippen molar-refractivity contribution in [1.82, 2.24) is 15.1 Å². The number of hydrogen-bond acceptors (Lipinski definition) is 3. The Morgan fingerprint density at radius 2 is 2.00 bits per heavy atom. The monoisotopic (exact) mass is 283 g/mol. The van der Waals surface area contributed by atoms with Gasteiger partial charge in [0.1, 0.15) is 0 Å². The lowest BCUT2D eigenvalue weighted by Gasteiger charge is -2.35. The molecule has 2 aliphatic rings. The van der Waals surface area contributed by atoms with Gasteiger partial charge >= 0.3 is 12.0 Å². The van der Waals surface area contributed by atoms with Gasteiger partial charge in [-0.2, -0.15) is 0 Å². The number of rotatable bonds is 3. The fourth-order valence-corrected chi connectivity index (χ4v) is 3.34. The molecule has 0 saturated carbocycles. The predicted molar refractivity (Wildman–Crippen MR) is 75.5 cm³/mol. The van der Waals surface area contributed by atoms with Crippen LogP contribution in [0.1, 0.15) is 19.8 Å². The van der Waals surface area contributed by atoms with Crippen molar-refractivity contribution in [3.05, 3.63) is 0 Å². The molecule has 3 atom stereocenters. The molecule has 2 saturated heterocycles. The van der Waals surface area contributed by atoms with E-state index in [1.807, 2.05) is 18.9 Å². The van der Waals surface area contributed by atoms with Crippen LogP contribution in [0, 0.1) is 17.8 Å². The van der Waals surface area contributed by atoms with E-state index >= 15 is 0 Å². The highest BCUT2D eigenvalue weighted by atomic mass is 16.4. The van der Waals surface area contributed by atoms with Gasteiger partial charge < -0.3 is 20.2 Å². The molecule has 114 valence electrons. The predicted octanol–water partition coefficient (Wildman–Crippen LogP) is 0.690. The summed E-state index contributed by atoms with van der Waals surface area (Å²) in [6, 6.07) is 0.0152. The van der Waals surface area contributed by atoms with Crippen molar-refractivity contribution in [2.24, 2.45) is 17.8 Å². The number of urea groups is 1. The average Bonchev–Trinajstić information content (AvgIpc) is 2.81. The third-order valence-corrected chi connectivity index (χ3v) is 4.48. The lowest BCUT2D eigenvalue weighted by atomic mass is 9.98. The molecule has 0 aliphatic carbocycles. The molecule has 2 fully saturated rings. The zero-order valence-corrected chi connectivity index (χ0v) is 12.3. The average molecular weight is 283 g/mol. The third-order valence-electron chi connectivity index (χ3n) is 4.48. The van der Waals surface area contributed by atoms with Crippen LogP contribution in [0.4, 0.5) is 4.79 Å². The molecule has 0 aromatic carbocycles. The van der Waals surface area contributed by atoms with Gasteiger partial charge in [-0.25, -0.2) is 4.79 Å². The summed E-state index contributed by atoms with van der Waals surface area (Å²) in [7, 11) is 1.93. The summed E-state index contributed by atoms with van der Waals surface area (Å²) in [5.41, 5.74) is 0. The summed E-state index contributed by atoms with van der Waals surface area (Å²) in [6.07, 6.45) is 2.18. The van der Waals surface area contributed by atoms with Gasteiger partial charge in [0.05, 0.1) is 5.92 Å². The molecule has 2 N–H and O–H groups in total. The van der Waals surface area contributed by atoms with Crippen LogP contribution in [0.25, 0.3) is 0 Å². The number of carbonyl (C=O) groups excluding carboxylic acids is 1. The van der Waals surface area contributed by atoms with Crippen molar-refractivity contribution in [3.63, 3.8) is 0 Å². The molecule has 0 bridgehead atoms. The molecule has 0 spiro atoms. The van der Waals surface area contributed by atoms with Crippen LogP contribution in [0.3, 0.4) is 0 Å². The first-order valence-corrected chi connectivity index (χ1v) is 7.44. The fraction of sp³-hybridized carbons (Fsp3) is 0.857. The number of carbonyl (C=O) groups is 2. The van der Waals surface area contributed by atoms with Gasteiger partial charge in [-0.15, -0.1) is 0 Å². The smallest absolute Gasteiger partial charge is 0.320 e. The van der Waals surface area contributed by atoms with E-state index in [9.17, 15) is 9.59 Å². The van der Waals surface area contributed by atoms with E-state index in [2.05, 4.69) is 5.32 Å². The van der Waals surface area contributed by atoms with Gasteiger partial charge in [-0.3, -0.25) is 4.79 Å². The Labute approximate surface area is 120 Å². The van der Waals surface area contributed by atoms with Gasteiger partial charge in [0.25, 0.3) is 0 Å². The van der Waals surface area contributed by atoms with Crippen LogP contribution >= 0.6 is 0 Å². The van der Waals surface area contributed by atoms with Crippen LogP contribution < -0.4 is 5.32 Å². The lowest BCUT2D eigenvalue weighted by molar-refractivity contribution is -0.142. The molecular formula is C14H25N3O3. The van der Waals surface area contributed by atoms with E-state index in [0.29, 0.717) is 19.0 Å². The van der Waals surface area contributed by atoms with Crippen molar-refractivity contribution < 1.29 is 14.7 Å². The number of aliphatic carboxylic acids is 1. The maximum atomic E-state index is 12.5. The first-order valence-electron chi connectivity index (χ1n) is 7.44. The largest absolute Gasteiger partial charge is 0.481 e. The van der Waals surface area contributed by atoms with E-state index in [-0.39, 0.29) is 11.9 Å². The molecule has 2 aliphatic heterocycles. The summed E-state index contributed by atoms with van der Waals surface area (Å²) in [5, 5.41) is 12.3. The summed E-state index contributed by atoms with van der Waals surface area (Å²) in [4.78, 5) is 27.2. The van der Waals surface area contributed by atoms with Gasteiger partial charge in [0.15, 0.2) is 0 Å². The number of likely N-dealkylation sites (tertiary alicyclic amines) is 2. The summed E-state index contributed by atoms with van der Waals surface area (Å²) in [6.45, 7) is 5.32. The highest BCUT2D eigenvalue weighted by Gasteiger charge is 2.39. The van der Waals surface area contributed by atoms with Crippen molar-refractivity contribution in [1.29, 1.82) is 0 Å². The van der Waals surface area contributed by atoms with E-state index in [0.717, 1.165) is 32.5 Å². The highest BCUT2D eigenvalue weighted by Crippen LogP contribution is 2.25. The normalized spacial score (nSPS) is 30.6. The van der Waals surface area contributed by atoms with Crippen molar-refractivity contribution >= 4 is 12.0 Å². The molecule has 2 amide bonds. The van der Waals surface area contributed by atoms with E-state index in [4.69, 9.17) is 5.11 Å². The Kier molecular flexibility index (Phi) is 4.86. The van der Waals surface area contributed by atoms with Crippen molar-refractivity contribution in [3.8, 4) is 0 Å². The van der Waals surface area contributed by atoms with Crippen LogP contribution in [-0.2, 0) is 4.79 Å². The number of nitrogens with one attached hydrogen (secondary N) is 1. The van der Waals surface area contributed by atoms with Crippen LogP contribution in [0.5, 0.6) is 0 Å². The van der Waals surface area contributed by atoms with Crippen molar-refractivity contribution in [2.45, 2.75) is 19.8 Å². The number of piperidine rings is 1. The van der Waals surface area contributed by atoms with E-state index in [1.165, 1.54) is 0 Å². The van der Waals surface area contributed by atoms with Crippen LogP contribution in [0.15, 0.2) is 0 Å². The Balaban J connectivity index is 1.93. The standard InChI is InChI=1S/C14H25N3O3/c1-10-7-17(9-12(10)13(18)19)14(20)16-5-3-4-11(8-16)6-15-2/h10-12,15H,3-9H2,1-2H3,(H,18,19). The highest BCUT2D eigenvalue weighted by molar-refractivity contribution is 5.77. The second-order valence-corrected chi connectivity index (χ2v) is 6.12. The first-order chi connectivity index (χ1) is 9.52. The van der Waals surface area contributed by atoms with Crippen LogP contribution in [0.2, 0.25) is 0 Å². The number of nitrogens with zero attached hydrogens (tertiary/aromatic N) is 2. The van der Waals surface area contributed by atoms with Gasteiger partial charge in [-0.05, 0) is 38.3 Å². The molecule has 20 heavy (non-hydrogen) atoms. The second-order valence-electron chi connectivity index (χ2n) is 6.12. The second kappa shape index (κ2) is 6.43. The Bertz CT molecular complexity index is 373. The molecule has 0 radical (unpaired) electrons. The number of hydrogen-bond donors (Lipinski definition) is 2. The molecule has 6 nitrogen and oxygen atoms in total. The molecule has 0 aromatic rings. The third kappa shape index (κ3) is 3.23. The fourth-order valence-electron chi connectivity index (χ4n) is 3.34. The number of carboxylic acid groups (broad SMARTS) is 1. The molecular weight excluding hydrogens is 258 g/mol. The SMILES string of the molecule is CNCC1CCCN(C(=O)N2CC(C)C(C(=O)O)C2)C1. The molecule has 2 rings (SSSR count). The topological polar surface area (TPSA) is 72.9 Å². The Hall–Kier alpha value is -1.30. The van der Waals surface area contributed by atoms with Crippen LogP contribution in [-0.4, -0.2) is 66.7 Å². The Morgan fingerprint density at radius 1 is 1.25 bits per heavy atom. The zero-order valence-electron chi connectivity index (χ0n) is 12.3. The molecule has 2 heterocycles. The molecule has 3 unspecified atom stereocenters. The number of amides is 2. The Morgan fingerprint density at radius 3 is 2.60 bits per heavy atom. The van der Waals surface area contributed by atoms with Gasteiger partial charge in [-0.1, -0.05) is 6.92 Å². The van der Waals surface area contributed by atoms with E-state index in [1.54, 1.807) is 4.90 Å². The maximum Gasteiger partial charge on any atom is 0.320 e. The first kappa shape index (κ1) is 15.1. The van der Waals surface area contributed by atoms with Gasteiger partial charge in [0.2, 0.25) is 0 Å². The quantitative estimate of drug-likeness (QED) is 0.799. The van der Waals surface area contributed by atoms with E-state index < -0.39 is 11.9 Å². The minimum absolute atomic E-state index is 0.0152. The minimum Gasteiger partial charge on any atom is -0.481 e. The molecule has 6 heteroatoms. The summed E-state index contributed by atoms with van der Waals surface area (Å²) in [5.74, 6) is -0.668.